The Hall–Kier alpha value is -3.20. The third-order valence-corrected chi connectivity index (χ3v) is 5.18. The molecule has 1 amide bonds. The van der Waals surface area contributed by atoms with Crippen LogP contribution in [0.2, 0.25) is 0 Å². The van der Waals surface area contributed by atoms with Gasteiger partial charge in [0, 0.05) is 19.3 Å². The average molecular weight is 431 g/mol. The van der Waals surface area contributed by atoms with Crippen molar-refractivity contribution in [3.8, 4) is 0 Å². The molecule has 0 fully saturated rings. The number of carbonyl (C=O) groups is 2. The highest BCUT2D eigenvalue weighted by Crippen LogP contribution is 2.21. The molecule has 9 nitrogen and oxygen atoms in total. The van der Waals surface area contributed by atoms with Gasteiger partial charge in [-0.05, 0) is 38.3 Å². The van der Waals surface area contributed by atoms with E-state index >= 15 is 0 Å². The fraction of sp³-hybridized carbons (Fsp3) is 0.455. The van der Waals surface area contributed by atoms with Crippen LogP contribution in [-0.4, -0.2) is 41.0 Å². The molecule has 9 heteroatoms. The zero-order chi connectivity index (χ0) is 23.5. The summed E-state index contributed by atoms with van der Waals surface area (Å²) < 4.78 is 2.13. The maximum atomic E-state index is 12.8. The van der Waals surface area contributed by atoms with Gasteiger partial charge in [0.15, 0.2) is 6.54 Å². The molecule has 0 saturated heterocycles. The lowest BCUT2D eigenvalue weighted by Gasteiger charge is -2.17. The molecule has 0 aliphatic heterocycles. The summed E-state index contributed by atoms with van der Waals surface area (Å²) >= 11 is 0. The summed E-state index contributed by atoms with van der Waals surface area (Å²) in [7, 11) is 3.01. The Morgan fingerprint density at radius 2 is 1.68 bits per heavy atom. The van der Waals surface area contributed by atoms with Crippen molar-refractivity contribution < 1.29 is 14.5 Å². The molecule has 0 aliphatic carbocycles. The molecular weight excluding hydrogens is 398 g/mol. The first-order chi connectivity index (χ1) is 14.5. The van der Waals surface area contributed by atoms with Crippen molar-refractivity contribution in [1.82, 2.24) is 9.13 Å². The molecule has 168 valence electrons. The molecule has 1 heterocycles. The number of nitrogens with one attached hydrogen (secondary N) is 2. The van der Waals surface area contributed by atoms with Crippen LogP contribution in [0.5, 0.6) is 0 Å². The van der Waals surface area contributed by atoms with E-state index in [-0.39, 0.29) is 30.4 Å². The molecule has 0 radical (unpaired) electrons. The topological polar surface area (TPSA) is 121 Å². The molecule has 0 bridgehead atoms. The highest BCUT2D eigenvalue weighted by atomic mass is 16.2. The first-order valence-electron chi connectivity index (χ1n) is 10.3. The molecule has 1 unspecified atom stereocenters. The number of likely N-dealkylation sites (N-methyl/N-ethyl adjacent to an activating group) is 1. The van der Waals surface area contributed by atoms with Gasteiger partial charge in [0.05, 0.1) is 7.05 Å². The summed E-state index contributed by atoms with van der Waals surface area (Å²) in [6, 6.07) is 3.99. The van der Waals surface area contributed by atoms with Crippen molar-refractivity contribution in [3.05, 3.63) is 55.2 Å². The number of benzene rings is 1. The minimum absolute atomic E-state index is 0.0350. The SMILES string of the molecule is CCCn1c(N)c(C(=O)C[NH+](C)CC(=O)Nc2c(C)cc(C)cc2C)c(=O)n(C)c1=O. The number of Topliss-reactive ketones (excluding diaryl/α,β-unsaturated/α-hetero) is 1. The van der Waals surface area contributed by atoms with Crippen molar-refractivity contribution in [2.45, 2.75) is 40.7 Å². The second kappa shape index (κ2) is 9.74. The van der Waals surface area contributed by atoms with Crippen LogP contribution in [0.4, 0.5) is 11.5 Å². The lowest BCUT2D eigenvalue weighted by Crippen LogP contribution is -3.11. The van der Waals surface area contributed by atoms with E-state index in [0.717, 1.165) is 26.9 Å². The maximum Gasteiger partial charge on any atom is 0.332 e. The summed E-state index contributed by atoms with van der Waals surface area (Å²) in [4.78, 5) is 50.7. The lowest BCUT2D eigenvalue weighted by atomic mass is 10.1. The number of ketones is 1. The normalized spacial score (nSPS) is 11.9. The molecule has 0 spiro atoms. The number of aromatic nitrogens is 2. The number of rotatable bonds is 8. The smallest absolute Gasteiger partial charge is 0.332 e. The van der Waals surface area contributed by atoms with Gasteiger partial charge in [-0.2, -0.15) is 0 Å². The first kappa shape index (κ1) is 24.1. The Balaban J connectivity index is 2.17. The number of amides is 1. The van der Waals surface area contributed by atoms with Crippen LogP contribution in [-0.2, 0) is 18.4 Å². The molecule has 1 aromatic heterocycles. The van der Waals surface area contributed by atoms with Crippen LogP contribution >= 0.6 is 0 Å². The number of hydrogen-bond acceptors (Lipinski definition) is 5. The quantitative estimate of drug-likeness (QED) is 0.501. The number of nitrogen functional groups attached to an aromatic ring is 1. The van der Waals surface area contributed by atoms with E-state index in [4.69, 9.17) is 5.73 Å². The van der Waals surface area contributed by atoms with E-state index in [2.05, 4.69) is 5.32 Å². The summed E-state index contributed by atoms with van der Waals surface area (Å²) in [6.45, 7) is 7.95. The molecule has 4 N–H and O–H groups in total. The van der Waals surface area contributed by atoms with E-state index in [1.807, 2.05) is 39.8 Å². The highest BCUT2D eigenvalue weighted by molar-refractivity contribution is 6.00. The van der Waals surface area contributed by atoms with Crippen LogP contribution in [0.1, 0.15) is 40.4 Å². The van der Waals surface area contributed by atoms with Gasteiger partial charge in [-0.3, -0.25) is 23.5 Å². The molecule has 2 aromatic rings. The van der Waals surface area contributed by atoms with Crippen LogP contribution in [0.25, 0.3) is 0 Å². The number of nitrogens with two attached hydrogens (primary N) is 1. The predicted molar refractivity (Wildman–Crippen MR) is 121 cm³/mol. The number of carbonyl (C=O) groups excluding carboxylic acids is 2. The fourth-order valence-corrected chi connectivity index (χ4v) is 3.74. The van der Waals surface area contributed by atoms with E-state index in [9.17, 15) is 19.2 Å². The number of anilines is 2. The van der Waals surface area contributed by atoms with Crippen LogP contribution in [0.3, 0.4) is 0 Å². The van der Waals surface area contributed by atoms with Gasteiger partial charge in [0.1, 0.15) is 17.9 Å². The van der Waals surface area contributed by atoms with Crippen molar-refractivity contribution in [3.63, 3.8) is 0 Å². The average Bonchev–Trinajstić information content (AvgIpc) is 2.66. The maximum absolute atomic E-state index is 12.8. The van der Waals surface area contributed by atoms with E-state index in [0.29, 0.717) is 17.9 Å². The van der Waals surface area contributed by atoms with E-state index < -0.39 is 17.0 Å². The monoisotopic (exact) mass is 430 g/mol. The molecule has 2 rings (SSSR count). The zero-order valence-electron chi connectivity index (χ0n) is 19.1. The van der Waals surface area contributed by atoms with Crippen molar-refractivity contribution >= 4 is 23.2 Å². The minimum Gasteiger partial charge on any atom is -0.384 e. The molecule has 31 heavy (non-hydrogen) atoms. The Labute approximate surface area is 181 Å². The Morgan fingerprint density at radius 3 is 2.23 bits per heavy atom. The summed E-state index contributed by atoms with van der Waals surface area (Å²) in [5.41, 5.74) is 8.34. The van der Waals surface area contributed by atoms with Crippen LogP contribution in [0.15, 0.2) is 21.7 Å². The third kappa shape index (κ3) is 5.29. The van der Waals surface area contributed by atoms with Gasteiger partial charge in [0.2, 0.25) is 5.78 Å². The Kier molecular flexibility index (Phi) is 7.56. The fourth-order valence-electron chi connectivity index (χ4n) is 3.74. The largest absolute Gasteiger partial charge is 0.384 e. The minimum atomic E-state index is -0.719. The second-order valence-corrected chi connectivity index (χ2v) is 8.11. The van der Waals surface area contributed by atoms with E-state index in [1.54, 1.807) is 7.05 Å². The number of nitrogens with zero attached hydrogens (tertiary/aromatic N) is 2. The molecule has 0 aliphatic rings. The third-order valence-electron chi connectivity index (χ3n) is 5.18. The lowest BCUT2D eigenvalue weighted by molar-refractivity contribution is -0.861. The highest BCUT2D eigenvalue weighted by Gasteiger charge is 2.24. The van der Waals surface area contributed by atoms with Gasteiger partial charge in [0.25, 0.3) is 11.5 Å². The molecule has 0 saturated carbocycles. The van der Waals surface area contributed by atoms with Gasteiger partial charge in [-0.1, -0.05) is 24.6 Å². The second-order valence-electron chi connectivity index (χ2n) is 8.11. The van der Waals surface area contributed by atoms with Gasteiger partial charge in [-0.25, -0.2) is 4.79 Å². The van der Waals surface area contributed by atoms with Gasteiger partial charge < -0.3 is 16.0 Å². The van der Waals surface area contributed by atoms with Crippen molar-refractivity contribution in [2.24, 2.45) is 7.05 Å². The summed E-state index contributed by atoms with van der Waals surface area (Å²) in [5, 5.41) is 2.91. The predicted octanol–water partition coefficient (Wildman–Crippen LogP) is -0.199. The molecular formula is C22H32N5O4+. The zero-order valence-corrected chi connectivity index (χ0v) is 19.1. The Bertz CT molecular complexity index is 1110. The molecule has 1 atom stereocenters. The standard InChI is InChI=1S/C22H31N5O4/c1-7-8-27-20(23)18(21(30)26(6)22(27)31)16(28)11-25(5)12-17(29)24-19-14(3)9-13(2)10-15(19)4/h9-10H,7-8,11-12,23H2,1-6H3,(H,24,29)/p+1. The van der Waals surface area contributed by atoms with E-state index in [1.165, 1.54) is 11.6 Å². The summed E-state index contributed by atoms with van der Waals surface area (Å²) in [6.07, 6.45) is 0.624. The molecule has 1 aromatic carbocycles. The van der Waals surface area contributed by atoms with Crippen LogP contribution < -0.4 is 27.2 Å². The number of hydrogen-bond donors (Lipinski definition) is 3. The number of quaternary nitrogens is 1. The van der Waals surface area contributed by atoms with Gasteiger partial charge in [-0.15, -0.1) is 0 Å². The number of aryl methyl sites for hydroxylation is 3. The van der Waals surface area contributed by atoms with Crippen molar-refractivity contribution in [1.29, 1.82) is 0 Å². The van der Waals surface area contributed by atoms with Crippen molar-refractivity contribution in [2.75, 3.05) is 31.2 Å². The summed E-state index contributed by atoms with van der Waals surface area (Å²) in [5.74, 6) is -0.865. The van der Waals surface area contributed by atoms with Crippen LogP contribution in [0, 0.1) is 20.8 Å². The van der Waals surface area contributed by atoms with Gasteiger partial charge >= 0.3 is 5.69 Å². The Morgan fingerprint density at radius 1 is 1.10 bits per heavy atom. The first-order valence-corrected chi connectivity index (χ1v) is 10.3.